The van der Waals surface area contributed by atoms with Gasteiger partial charge in [-0.2, -0.15) is 0 Å². The second-order valence-corrected chi connectivity index (χ2v) is 6.50. The van der Waals surface area contributed by atoms with E-state index in [1.807, 2.05) is 6.92 Å². The van der Waals surface area contributed by atoms with Gasteiger partial charge >= 0.3 is 5.97 Å². The quantitative estimate of drug-likeness (QED) is 0.693. The topological polar surface area (TPSA) is 104 Å². The first-order valence-corrected chi connectivity index (χ1v) is 8.85. The number of hydrogen-bond donors (Lipinski definition) is 1. The molecule has 1 unspecified atom stereocenters. The Bertz CT molecular complexity index is 761. The fourth-order valence-electron chi connectivity index (χ4n) is 2.76. The molecule has 1 N–H and O–H groups in total. The molecule has 1 aliphatic heterocycles. The highest BCUT2D eigenvalue weighted by Gasteiger charge is 2.33. The van der Waals surface area contributed by atoms with Gasteiger partial charge in [0.2, 0.25) is 5.91 Å². The van der Waals surface area contributed by atoms with E-state index in [2.05, 4.69) is 0 Å². The number of benzene rings is 1. The SMILES string of the molecule is CCCC(=O)c1ccc2c(c1)N(CC(=O)N(C)CCC(=O)O)C(=O)C(C)O2. The molecule has 1 aromatic rings. The number of nitrogens with zero attached hydrogens (tertiary/aromatic N) is 2. The molecule has 0 aliphatic carbocycles. The Labute approximate surface area is 157 Å². The maximum absolute atomic E-state index is 12.6. The van der Waals surface area contributed by atoms with Crippen molar-refractivity contribution in [3.63, 3.8) is 0 Å². The van der Waals surface area contributed by atoms with Crippen LogP contribution in [0.25, 0.3) is 0 Å². The van der Waals surface area contributed by atoms with Crippen molar-refractivity contribution in [1.29, 1.82) is 0 Å². The third kappa shape index (κ3) is 4.84. The van der Waals surface area contributed by atoms with Crippen LogP contribution < -0.4 is 9.64 Å². The number of ketones is 1. The molecule has 27 heavy (non-hydrogen) atoms. The van der Waals surface area contributed by atoms with Crippen molar-refractivity contribution in [1.82, 2.24) is 4.90 Å². The number of carboxylic acid groups (broad SMARTS) is 1. The predicted molar refractivity (Wildman–Crippen MR) is 98.0 cm³/mol. The summed E-state index contributed by atoms with van der Waals surface area (Å²) in [5, 5.41) is 8.75. The Morgan fingerprint density at radius 3 is 2.59 bits per heavy atom. The molecule has 0 radical (unpaired) electrons. The molecule has 1 aliphatic rings. The summed E-state index contributed by atoms with van der Waals surface area (Å²) in [6.45, 7) is 3.29. The van der Waals surface area contributed by atoms with Gasteiger partial charge in [-0.3, -0.25) is 24.1 Å². The monoisotopic (exact) mass is 376 g/mol. The third-order valence-electron chi connectivity index (χ3n) is 4.35. The summed E-state index contributed by atoms with van der Waals surface area (Å²) in [6, 6.07) is 4.85. The summed E-state index contributed by atoms with van der Waals surface area (Å²) < 4.78 is 5.58. The number of Topliss-reactive ketones (excluding diaryl/α,β-unsaturated/α-hetero) is 1. The number of fused-ring (bicyclic) bond motifs is 1. The van der Waals surface area contributed by atoms with E-state index in [-0.39, 0.29) is 31.2 Å². The Balaban J connectivity index is 2.26. The van der Waals surface area contributed by atoms with Gasteiger partial charge in [-0.25, -0.2) is 0 Å². The van der Waals surface area contributed by atoms with Crippen molar-refractivity contribution in [2.45, 2.75) is 39.2 Å². The molecule has 0 aromatic heterocycles. The van der Waals surface area contributed by atoms with E-state index in [4.69, 9.17) is 9.84 Å². The van der Waals surface area contributed by atoms with Crippen molar-refractivity contribution >= 4 is 29.3 Å². The zero-order valence-electron chi connectivity index (χ0n) is 15.7. The van der Waals surface area contributed by atoms with E-state index in [9.17, 15) is 19.2 Å². The number of carbonyl (C=O) groups excluding carboxylic acids is 3. The minimum absolute atomic E-state index is 0.0452. The number of amides is 2. The zero-order valence-corrected chi connectivity index (χ0v) is 15.7. The van der Waals surface area contributed by atoms with Crippen LogP contribution >= 0.6 is 0 Å². The van der Waals surface area contributed by atoms with Crippen molar-refractivity contribution < 1.29 is 29.0 Å². The lowest BCUT2D eigenvalue weighted by Crippen LogP contribution is -2.49. The van der Waals surface area contributed by atoms with E-state index in [0.717, 1.165) is 0 Å². The van der Waals surface area contributed by atoms with Crippen molar-refractivity contribution in [2.75, 3.05) is 25.0 Å². The summed E-state index contributed by atoms with van der Waals surface area (Å²) in [5.74, 6) is -1.40. The van der Waals surface area contributed by atoms with Crippen LogP contribution in [0.5, 0.6) is 5.75 Å². The minimum atomic E-state index is -1.00. The van der Waals surface area contributed by atoms with Crippen molar-refractivity contribution in [2.24, 2.45) is 0 Å². The summed E-state index contributed by atoms with van der Waals surface area (Å²) in [6.07, 6.45) is 0.161. The lowest BCUT2D eigenvalue weighted by molar-refractivity contribution is -0.138. The lowest BCUT2D eigenvalue weighted by atomic mass is 10.0. The highest BCUT2D eigenvalue weighted by atomic mass is 16.5. The number of hydrogen-bond acceptors (Lipinski definition) is 5. The second-order valence-electron chi connectivity index (χ2n) is 6.50. The molecule has 1 atom stereocenters. The first-order valence-electron chi connectivity index (χ1n) is 8.85. The van der Waals surface area contributed by atoms with Gasteiger partial charge < -0.3 is 14.7 Å². The van der Waals surface area contributed by atoms with Gasteiger partial charge in [0.15, 0.2) is 11.9 Å². The standard InChI is InChI=1S/C19H24N2O6/c1-4-5-15(22)13-6-7-16-14(10-13)21(19(26)12(2)27-16)11-17(23)20(3)9-8-18(24)25/h6-7,10,12H,4-5,8-9,11H2,1-3H3,(H,24,25). The number of ether oxygens (including phenoxy) is 1. The molecular formula is C19H24N2O6. The number of likely N-dealkylation sites (N-methyl/N-ethyl adjacent to an activating group) is 1. The fourth-order valence-corrected chi connectivity index (χ4v) is 2.76. The summed E-state index contributed by atoms with van der Waals surface area (Å²) in [7, 11) is 1.49. The fraction of sp³-hybridized carbons (Fsp3) is 0.474. The van der Waals surface area contributed by atoms with Crippen molar-refractivity contribution in [3.8, 4) is 5.75 Å². The van der Waals surface area contributed by atoms with Crippen molar-refractivity contribution in [3.05, 3.63) is 23.8 Å². The van der Waals surface area contributed by atoms with Crippen LogP contribution in [0.15, 0.2) is 18.2 Å². The molecular weight excluding hydrogens is 352 g/mol. The van der Waals surface area contributed by atoms with Crippen LogP contribution in [0, 0.1) is 0 Å². The lowest BCUT2D eigenvalue weighted by Gasteiger charge is -2.33. The molecule has 1 aromatic carbocycles. The van der Waals surface area contributed by atoms with E-state index in [0.29, 0.717) is 29.8 Å². The Kier molecular flexibility index (Phi) is 6.55. The molecule has 0 saturated carbocycles. The summed E-state index contributed by atoms with van der Waals surface area (Å²) >= 11 is 0. The zero-order chi connectivity index (χ0) is 20.1. The molecule has 146 valence electrons. The average Bonchev–Trinajstić information content (AvgIpc) is 2.63. The molecule has 0 fully saturated rings. The summed E-state index contributed by atoms with van der Waals surface area (Å²) in [4.78, 5) is 50.4. The van der Waals surface area contributed by atoms with Gasteiger partial charge in [-0.15, -0.1) is 0 Å². The van der Waals surface area contributed by atoms with Gasteiger partial charge in [0.25, 0.3) is 5.91 Å². The third-order valence-corrected chi connectivity index (χ3v) is 4.35. The normalized spacial score (nSPS) is 15.7. The molecule has 8 nitrogen and oxygen atoms in total. The number of carbonyl (C=O) groups is 4. The van der Waals surface area contributed by atoms with Gasteiger partial charge in [-0.05, 0) is 31.5 Å². The first kappa shape index (κ1) is 20.4. The van der Waals surface area contributed by atoms with Crippen LogP contribution in [0.1, 0.15) is 43.5 Å². The van der Waals surface area contributed by atoms with Gasteiger partial charge in [0.05, 0.1) is 12.1 Å². The minimum Gasteiger partial charge on any atom is -0.481 e. The van der Waals surface area contributed by atoms with E-state index in [1.165, 1.54) is 16.8 Å². The Morgan fingerprint density at radius 2 is 1.96 bits per heavy atom. The van der Waals surface area contributed by atoms with Gasteiger partial charge in [0.1, 0.15) is 12.3 Å². The van der Waals surface area contributed by atoms with E-state index in [1.54, 1.807) is 25.1 Å². The van der Waals surface area contributed by atoms with Crippen LogP contribution in [0.3, 0.4) is 0 Å². The summed E-state index contributed by atoms with van der Waals surface area (Å²) in [5.41, 5.74) is 0.832. The Hall–Kier alpha value is -2.90. The maximum Gasteiger partial charge on any atom is 0.305 e. The smallest absolute Gasteiger partial charge is 0.305 e. The van der Waals surface area contributed by atoms with E-state index < -0.39 is 18.0 Å². The van der Waals surface area contributed by atoms with Crippen LogP contribution in [0.4, 0.5) is 5.69 Å². The highest BCUT2D eigenvalue weighted by molar-refractivity contribution is 6.05. The number of anilines is 1. The number of rotatable bonds is 8. The van der Waals surface area contributed by atoms with Gasteiger partial charge in [0, 0.05) is 25.6 Å². The molecule has 0 bridgehead atoms. The Morgan fingerprint density at radius 1 is 1.26 bits per heavy atom. The highest BCUT2D eigenvalue weighted by Crippen LogP contribution is 2.35. The molecule has 2 amide bonds. The number of carboxylic acids is 1. The van der Waals surface area contributed by atoms with Crippen LogP contribution in [0.2, 0.25) is 0 Å². The molecule has 8 heteroatoms. The predicted octanol–water partition coefficient (Wildman–Crippen LogP) is 1.72. The first-order chi connectivity index (χ1) is 12.7. The number of aliphatic carboxylic acids is 1. The largest absolute Gasteiger partial charge is 0.481 e. The van der Waals surface area contributed by atoms with Crippen LogP contribution in [-0.4, -0.2) is 59.8 Å². The molecule has 1 heterocycles. The second kappa shape index (κ2) is 8.66. The molecule has 0 spiro atoms. The van der Waals surface area contributed by atoms with Gasteiger partial charge in [-0.1, -0.05) is 6.92 Å². The van der Waals surface area contributed by atoms with E-state index >= 15 is 0 Å². The molecule has 0 saturated heterocycles. The van der Waals surface area contributed by atoms with Crippen LogP contribution in [-0.2, 0) is 14.4 Å². The average molecular weight is 376 g/mol. The maximum atomic E-state index is 12.6. The molecule has 2 rings (SSSR count).